The third kappa shape index (κ3) is 3.49. The van der Waals surface area contributed by atoms with Crippen molar-refractivity contribution in [3.8, 4) is 17.2 Å². The zero-order valence-electron chi connectivity index (χ0n) is 16.7. The molecule has 0 aromatic heterocycles. The van der Waals surface area contributed by atoms with E-state index < -0.39 is 0 Å². The van der Waals surface area contributed by atoms with E-state index in [1.165, 1.54) is 17.7 Å². The molecule has 150 valence electrons. The Hall–Kier alpha value is -2.11. The van der Waals surface area contributed by atoms with Gasteiger partial charge in [-0.2, -0.15) is 0 Å². The van der Waals surface area contributed by atoms with E-state index >= 15 is 0 Å². The van der Waals surface area contributed by atoms with Crippen molar-refractivity contribution in [3.05, 3.63) is 47.0 Å². The zero-order valence-corrected chi connectivity index (χ0v) is 17.4. The number of benzene rings is 2. The third-order valence-corrected chi connectivity index (χ3v) is 6.31. The Kier molecular flexibility index (Phi) is 5.56. The molecule has 6 heteroatoms. The van der Waals surface area contributed by atoms with Crippen LogP contribution in [0, 0.1) is 0 Å². The maximum absolute atomic E-state index is 6.19. The van der Waals surface area contributed by atoms with Gasteiger partial charge in [0.05, 0.1) is 26.4 Å². The number of fused-ring (bicyclic) bond motifs is 1. The number of halogens is 1. The molecule has 28 heavy (non-hydrogen) atoms. The highest BCUT2D eigenvalue weighted by atomic mass is 35.5. The van der Waals surface area contributed by atoms with Crippen molar-refractivity contribution in [3.63, 3.8) is 0 Å². The maximum atomic E-state index is 6.19. The summed E-state index contributed by atoms with van der Waals surface area (Å²) in [6, 6.07) is 13.3. The van der Waals surface area contributed by atoms with Gasteiger partial charge < -0.3 is 19.1 Å². The van der Waals surface area contributed by atoms with Gasteiger partial charge in [-0.15, -0.1) is 0 Å². The molecule has 2 atom stereocenters. The molecule has 5 nitrogen and oxygen atoms in total. The number of rotatable bonds is 5. The van der Waals surface area contributed by atoms with Gasteiger partial charge in [-0.3, -0.25) is 4.90 Å². The van der Waals surface area contributed by atoms with Crippen LogP contribution in [0.25, 0.3) is 0 Å². The number of piperazine rings is 1. The number of ether oxygens (including phenoxy) is 3. The van der Waals surface area contributed by atoms with E-state index in [9.17, 15) is 0 Å². The Morgan fingerprint density at radius 1 is 0.857 bits per heavy atom. The van der Waals surface area contributed by atoms with Crippen LogP contribution in [0.2, 0.25) is 5.02 Å². The summed E-state index contributed by atoms with van der Waals surface area (Å²) in [4.78, 5) is 5.09. The molecule has 1 unspecified atom stereocenters. The lowest BCUT2D eigenvalue weighted by molar-refractivity contribution is 0.176. The van der Waals surface area contributed by atoms with Gasteiger partial charge >= 0.3 is 0 Å². The lowest BCUT2D eigenvalue weighted by Crippen LogP contribution is -2.50. The first kappa shape index (κ1) is 19.2. The van der Waals surface area contributed by atoms with Crippen molar-refractivity contribution in [2.45, 2.75) is 24.9 Å². The summed E-state index contributed by atoms with van der Waals surface area (Å²) in [6.45, 7) is 3.05. The molecule has 2 aromatic carbocycles. The van der Waals surface area contributed by atoms with E-state index in [4.69, 9.17) is 25.8 Å². The quantitative estimate of drug-likeness (QED) is 0.740. The highest BCUT2D eigenvalue weighted by Crippen LogP contribution is 2.41. The van der Waals surface area contributed by atoms with E-state index in [1.807, 2.05) is 18.2 Å². The number of nitrogens with zero attached hydrogens (tertiary/aromatic N) is 2. The highest BCUT2D eigenvalue weighted by molar-refractivity contribution is 6.32. The van der Waals surface area contributed by atoms with E-state index in [1.54, 1.807) is 21.3 Å². The van der Waals surface area contributed by atoms with Crippen LogP contribution in [-0.4, -0.2) is 51.9 Å². The van der Waals surface area contributed by atoms with Crippen molar-refractivity contribution in [1.82, 2.24) is 4.90 Å². The summed E-state index contributed by atoms with van der Waals surface area (Å²) in [5.41, 5.74) is 2.48. The normalized spacial score (nSPS) is 22.1. The molecule has 0 bridgehead atoms. The SMILES string of the molecule is COc1cc(N2CCN3C(c4ccc(OC)c(OC)c4)CC[C@H]3C2)ccc1Cl. The van der Waals surface area contributed by atoms with Gasteiger partial charge in [-0.25, -0.2) is 0 Å². The lowest BCUT2D eigenvalue weighted by atomic mass is 10.0. The zero-order chi connectivity index (χ0) is 19.7. The number of hydrogen-bond donors (Lipinski definition) is 0. The molecule has 0 saturated carbocycles. The van der Waals surface area contributed by atoms with Gasteiger partial charge in [-0.1, -0.05) is 17.7 Å². The minimum atomic E-state index is 0.437. The van der Waals surface area contributed by atoms with Crippen LogP contribution in [0.5, 0.6) is 17.2 Å². The van der Waals surface area contributed by atoms with Crippen LogP contribution in [-0.2, 0) is 0 Å². The first-order valence-electron chi connectivity index (χ1n) is 9.70. The van der Waals surface area contributed by atoms with Crippen molar-refractivity contribution in [2.75, 3.05) is 45.9 Å². The summed E-state index contributed by atoms with van der Waals surface area (Å²) < 4.78 is 16.3. The molecule has 2 aliphatic rings. The second-order valence-corrected chi connectivity index (χ2v) is 7.77. The summed E-state index contributed by atoms with van der Waals surface area (Å²) in [6.07, 6.45) is 2.36. The van der Waals surface area contributed by atoms with Crippen molar-refractivity contribution < 1.29 is 14.2 Å². The van der Waals surface area contributed by atoms with Crippen LogP contribution in [0.4, 0.5) is 5.69 Å². The summed E-state index contributed by atoms with van der Waals surface area (Å²) >= 11 is 6.19. The minimum absolute atomic E-state index is 0.437. The molecule has 0 aliphatic carbocycles. The Bertz CT molecular complexity index is 845. The Labute approximate surface area is 171 Å². The summed E-state index contributed by atoms with van der Waals surface area (Å²) in [7, 11) is 5.03. The molecule has 0 N–H and O–H groups in total. The molecule has 0 amide bonds. The standard InChI is InChI=1S/C22H27ClN2O3/c1-26-20-9-4-15(12-22(20)28-3)19-8-6-17-14-24(10-11-25(17)19)16-5-7-18(23)21(13-16)27-2/h4-5,7,9,12-13,17,19H,6,8,10-11,14H2,1-3H3/t17-,19?/m0/s1. The smallest absolute Gasteiger partial charge is 0.161 e. The first-order valence-corrected chi connectivity index (χ1v) is 10.1. The van der Waals surface area contributed by atoms with Crippen LogP contribution >= 0.6 is 11.6 Å². The molecular weight excluding hydrogens is 376 g/mol. The molecule has 2 saturated heterocycles. The van der Waals surface area contributed by atoms with Crippen molar-refractivity contribution in [1.29, 1.82) is 0 Å². The number of methoxy groups -OCH3 is 3. The van der Waals surface area contributed by atoms with E-state index in [-0.39, 0.29) is 0 Å². The largest absolute Gasteiger partial charge is 0.495 e. The fourth-order valence-corrected chi connectivity index (χ4v) is 4.75. The topological polar surface area (TPSA) is 34.2 Å². The van der Waals surface area contributed by atoms with Gasteiger partial charge in [0.15, 0.2) is 11.5 Å². The van der Waals surface area contributed by atoms with E-state index in [0.29, 0.717) is 17.1 Å². The number of anilines is 1. The minimum Gasteiger partial charge on any atom is -0.495 e. The van der Waals surface area contributed by atoms with E-state index in [0.717, 1.165) is 43.3 Å². The molecule has 0 spiro atoms. The summed E-state index contributed by atoms with van der Waals surface area (Å²) in [5, 5.41) is 0.652. The van der Waals surface area contributed by atoms with Crippen LogP contribution in [0.3, 0.4) is 0 Å². The van der Waals surface area contributed by atoms with Crippen LogP contribution in [0.1, 0.15) is 24.4 Å². The van der Waals surface area contributed by atoms with Crippen molar-refractivity contribution >= 4 is 17.3 Å². The predicted octanol–water partition coefficient (Wildman–Crippen LogP) is 4.39. The Balaban J connectivity index is 1.50. The molecule has 2 fully saturated rings. The fourth-order valence-electron chi connectivity index (χ4n) is 4.55. The molecule has 2 heterocycles. The van der Waals surface area contributed by atoms with Gasteiger partial charge in [0, 0.05) is 43.5 Å². The second kappa shape index (κ2) is 8.10. The number of hydrogen-bond acceptors (Lipinski definition) is 5. The fraction of sp³-hybridized carbons (Fsp3) is 0.455. The van der Waals surface area contributed by atoms with E-state index in [2.05, 4.69) is 28.0 Å². The van der Waals surface area contributed by atoms with Gasteiger partial charge in [0.2, 0.25) is 0 Å². The van der Waals surface area contributed by atoms with Gasteiger partial charge in [-0.05, 0) is 42.7 Å². The molecule has 2 aromatic rings. The van der Waals surface area contributed by atoms with Crippen LogP contribution in [0.15, 0.2) is 36.4 Å². The molecule has 2 aliphatic heterocycles. The average Bonchev–Trinajstić information content (AvgIpc) is 3.16. The predicted molar refractivity (Wildman–Crippen MR) is 112 cm³/mol. The monoisotopic (exact) mass is 402 g/mol. The first-order chi connectivity index (χ1) is 13.6. The third-order valence-electron chi connectivity index (χ3n) is 5.99. The Morgan fingerprint density at radius 3 is 2.39 bits per heavy atom. The Morgan fingerprint density at radius 2 is 1.64 bits per heavy atom. The summed E-state index contributed by atoms with van der Waals surface area (Å²) in [5.74, 6) is 2.31. The average molecular weight is 403 g/mol. The molecular formula is C22H27ClN2O3. The van der Waals surface area contributed by atoms with Crippen LogP contribution < -0.4 is 19.1 Å². The highest BCUT2D eigenvalue weighted by Gasteiger charge is 2.38. The maximum Gasteiger partial charge on any atom is 0.161 e. The second-order valence-electron chi connectivity index (χ2n) is 7.36. The van der Waals surface area contributed by atoms with Gasteiger partial charge in [0.25, 0.3) is 0 Å². The van der Waals surface area contributed by atoms with Crippen molar-refractivity contribution in [2.24, 2.45) is 0 Å². The molecule has 4 rings (SSSR count). The molecule has 0 radical (unpaired) electrons. The van der Waals surface area contributed by atoms with Gasteiger partial charge in [0.1, 0.15) is 5.75 Å². The lowest BCUT2D eigenvalue weighted by Gasteiger charge is -2.41.